The third-order valence-corrected chi connectivity index (χ3v) is 3.33. The number of nitrogens with zero attached hydrogens (tertiary/aromatic N) is 4. The van der Waals surface area contributed by atoms with Crippen LogP contribution in [0.5, 0.6) is 0 Å². The number of anilines is 1. The zero-order valence-electron chi connectivity index (χ0n) is 10.1. The minimum Gasteiger partial charge on any atom is -0.375 e. The highest BCUT2D eigenvalue weighted by Gasteiger charge is 2.07. The Morgan fingerprint density at radius 2 is 2.00 bits per heavy atom. The molecule has 0 saturated heterocycles. The van der Waals surface area contributed by atoms with Crippen LogP contribution >= 0.6 is 11.3 Å². The molecule has 0 fully saturated rings. The molecule has 7 heteroatoms. The van der Waals surface area contributed by atoms with Crippen molar-refractivity contribution in [1.82, 2.24) is 25.1 Å². The van der Waals surface area contributed by atoms with Gasteiger partial charge in [0.2, 0.25) is 0 Å². The van der Waals surface area contributed by atoms with Gasteiger partial charge in [-0.1, -0.05) is 0 Å². The molecule has 0 amide bonds. The van der Waals surface area contributed by atoms with Crippen LogP contribution in [0, 0.1) is 0 Å². The monoisotopic (exact) mass is 272 g/mol. The van der Waals surface area contributed by atoms with E-state index in [-0.39, 0.29) is 0 Å². The summed E-state index contributed by atoms with van der Waals surface area (Å²) in [5, 5.41) is 9.63. The van der Waals surface area contributed by atoms with Crippen molar-refractivity contribution < 1.29 is 0 Å². The van der Waals surface area contributed by atoms with Crippen molar-refractivity contribution in [2.45, 2.75) is 12.8 Å². The van der Waals surface area contributed by atoms with Crippen molar-refractivity contribution in [3.63, 3.8) is 0 Å². The minimum absolute atomic E-state index is 0.572. The van der Waals surface area contributed by atoms with Crippen LogP contribution in [0.2, 0.25) is 0 Å². The van der Waals surface area contributed by atoms with Gasteiger partial charge in [0.15, 0.2) is 11.0 Å². The third kappa shape index (κ3) is 2.94. The van der Waals surface area contributed by atoms with E-state index in [4.69, 9.17) is 5.73 Å². The maximum absolute atomic E-state index is 5.59. The average molecular weight is 272 g/mol. The van der Waals surface area contributed by atoms with Gasteiger partial charge in [-0.3, -0.25) is 10.1 Å². The predicted octanol–water partition coefficient (Wildman–Crippen LogP) is 1.42. The highest BCUT2D eigenvalue weighted by atomic mass is 32.1. The second-order valence-corrected chi connectivity index (χ2v) is 4.97. The summed E-state index contributed by atoms with van der Waals surface area (Å²) < 4.78 is 0. The lowest BCUT2D eigenvalue weighted by atomic mass is 10.2. The topological polar surface area (TPSA) is 93.4 Å². The second kappa shape index (κ2) is 5.15. The highest BCUT2D eigenvalue weighted by molar-refractivity contribution is 7.13. The Morgan fingerprint density at radius 3 is 2.74 bits per heavy atom. The van der Waals surface area contributed by atoms with E-state index in [2.05, 4.69) is 25.1 Å². The zero-order valence-corrected chi connectivity index (χ0v) is 10.9. The number of aromatic nitrogens is 5. The lowest BCUT2D eigenvalue weighted by molar-refractivity contribution is 0.946. The fraction of sp³-hybridized carbons (Fsp3) is 0.167. The SMILES string of the molecule is Nc1nc(Cc2n[nH]c(Cc3ccncc3)n2)cs1. The van der Waals surface area contributed by atoms with Gasteiger partial charge < -0.3 is 5.73 Å². The molecule has 0 aliphatic heterocycles. The van der Waals surface area contributed by atoms with Crippen molar-refractivity contribution in [3.8, 4) is 0 Å². The summed E-state index contributed by atoms with van der Waals surface area (Å²) in [7, 11) is 0. The summed E-state index contributed by atoms with van der Waals surface area (Å²) in [6.07, 6.45) is 4.85. The van der Waals surface area contributed by atoms with Gasteiger partial charge >= 0.3 is 0 Å². The van der Waals surface area contributed by atoms with Crippen molar-refractivity contribution in [1.29, 1.82) is 0 Å². The lowest BCUT2D eigenvalue weighted by Crippen LogP contribution is -1.93. The number of nitrogens with two attached hydrogens (primary N) is 1. The molecule has 96 valence electrons. The molecule has 3 N–H and O–H groups in total. The van der Waals surface area contributed by atoms with E-state index in [9.17, 15) is 0 Å². The van der Waals surface area contributed by atoms with Crippen LogP contribution in [0.3, 0.4) is 0 Å². The molecular weight excluding hydrogens is 260 g/mol. The van der Waals surface area contributed by atoms with Crippen LogP contribution in [0.4, 0.5) is 5.13 Å². The molecule has 0 bridgehead atoms. The Kier molecular flexibility index (Phi) is 3.20. The number of nitrogen functional groups attached to an aromatic ring is 1. The van der Waals surface area contributed by atoms with Gasteiger partial charge in [0, 0.05) is 24.2 Å². The van der Waals surface area contributed by atoms with Gasteiger partial charge in [-0.2, -0.15) is 5.10 Å². The standard InChI is InChI=1S/C12H12N6S/c13-12-15-9(7-19-12)6-11-16-10(17-18-11)5-8-1-3-14-4-2-8/h1-4,7H,5-6H2,(H2,13,15)(H,16,17,18). The molecule has 0 radical (unpaired) electrons. The second-order valence-electron chi connectivity index (χ2n) is 4.08. The quantitative estimate of drug-likeness (QED) is 0.749. The van der Waals surface area contributed by atoms with Gasteiger partial charge in [-0.15, -0.1) is 11.3 Å². The fourth-order valence-electron chi connectivity index (χ4n) is 1.75. The van der Waals surface area contributed by atoms with Crippen LogP contribution in [0.1, 0.15) is 22.9 Å². The molecule has 19 heavy (non-hydrogen) atoms. The number of hydrogen-bond acceptors (Lipinski definition) is 6. The molecule has 3 aromatic heterocycles. The first-order chi connectivity index (χ1) is 9.29. The normalized spacial score (nSPS) is 10.7. The first-order valence-corrected chi connectivity index (χ1v) is 6.66. The van der Waals surface area contributed by atoms with Crippen molar-refractivity contribution in [2.75, 3.05) is 5.73 Å². The van der Waals surface area contributed by atoms with E-state index in [1.165, 1.54) is 11.3 Å². The number of thiazole rings is 1. The molecular formula is C12H12N6S. The molecule has 0 spiro atoms. The summed E-state index contributed by atoms with van der Waals surface area (Å²) in [6, 6.07) is 3.92. The van der Waals surface area contributed by atoms with E-state index < -0.39 is 0 Å². The van der Waals surface area contributed by atoms with Crippen LogP contribution in [-0.4, -0.2) is 25.1 Å². The molecule has 3 heterocycles. The van der Waals surface area contributed by atoms with Crippen LogP contribution < -0.4 is 5.73 Å². The van der Waals surface area contributed by atoms with Crippen molar-refractivity contribution in [2.24, 2.45) is 0 Å². The smallest absolute Gasteiger partial charge is 0.180 e. The maximum atomic E-state index is 5.59. The summed E-state index contributed by atoms with van der Waals surface area (Å²) in [5.74, 6) is 1.57. The summed E-state index contributed by atoms with van der Waals surface area (Å²) in [5.41, 5.74) is 7.64. The Hall–Kier alpha value is -2.28. The minimum atomic E-state index is 0.572. The highest BCUT2D eigenvalue weighted by Crippen LogP contribution is 2.13. The summed E-state index contributed by atoms with van der Waals surface area (Å²) >= 11 is 1.43. The Labute approximate surface area is 113 Å². The summed E-state index contributed by atoms with van der Waals surface area (Å²) in [4.78, 5) is 12.6. The number of H-pyrrole nitrogens is 1. The van der Waals surface area contributed by atoms with Gasteiger partial charge in [-0.25, -0.2) is 9.97 Å². The Morgan fingerprint density at radius 1 is 1.16 bits per heavy atom. The van der Waals surface area contributed by atoms with Crippen molar-refractivity contribution in [3.05, 3.63) is 52.8 Å². The number of aromatic amines is 1. The van der Waals surface area contributed by atoms with Gasteiger partial charge in [-0.05, 0) is 17.7 Å². The molecule has 0 unspecified atom stereocenters. The van der Waals surface area contributed by atoms with Crippen LogP contribution in [0.25, 0.3) is 0 Å². The van der Waals surface area contributed by atoms with E-state index in [1.54, 1.807) is 12.4 Å². The van der Waals surface area contributed by atoms with E-state index in [0.717, 1.165) is 22.9 Å². The third-order valence-electron chi connectivity index (χ3n) is 2.61. The first kappa shape index (κ1) is 11.8. The van der Waals surface area contributed by atoms with E-state index in [0.29, 0.717) is 18.0 Å². The number of rotatable bonds is 4. The Bertz CT molecular complexity index is 660. The fourth-order valence-corrected chi connectivity index (χ4v) is 2.32. The zero-order chi connectivity index (χ0) is 13.1. The number of nitrogens with one attached hydrogen (secondary N) is 1. The largest absolute Gasteiger partial charge is 0.375 e. The molecule has 0 aliphatic carbocycles. The van der Waals surface area contributed by atoms with Crippen LogP contribution in [-0.2, 0) is 12.8 Å². The lowest BCUT2D eigenvalue weighted by Gasteiger charge is -1.95. The van der Waals surface area contributed by atoms with Crippen molar-refractivity contribution >= 4 is 16.5 Å². The molecule has 6 nitrogen and oxygen atoms in total. The maximum Gasteiger partial charge on any atom is 0.180 e. The molecule has 0 aliphatic rings. The Balaban J connectivity index is 1.69. The number of hydrogen-bond donors (Lipinski definition) is 2. The predicted molar refractivity (Wildman–Crippen MR) is 72.8 cm³/mol. The molecule has 0 saturated carbocycles. The van der Waals surface area contributed by atoms with Gasteiger partial charge in [0.1, 0.15) is 5.82 Å². The summed E-state index contributed by atoms with van der Waals surface area (Å²) in [6.45, 7) is 0. The molecule has 0 atom stereocenters. The average Bonchev–Trinajstić information content (AvgIpc) is 3.01. The first-order valence-electron chi connectivity index (χ1n) is 5.78. The molecule has 3 rings (SSSR count). The van der Waals surface area contributed by atoms with E-state index in [1.807, 2.05) is 17.5 Å². The van der Waals surface area contributed by atoms with E-state index >= 15 is 0 Å². The molecule has 0 aromatic carbocycles. The molecule has 3 aromatic rings. The van der Waals surface area contributed by atoms with Gasteiger partial charge in [0.05, 0.1) is 12.1 Å². The van der Waals surface area contributed by atoms with Gasteiger partial charge in [0.25, 0.3) is 0 Å². The number of pyridine rings is 1. The van der Waals surface area contributed by atoms with Crippen LogP contribution in [0.15, 0.2) is 29.9 Å².